The Morgan fingerprint density at radius 3 is 2.71 bits per heavy atom. The van der Waals surface area contributed by atoms with Crippen LogP contribution in [0.2, 0.25) is 0 Å². The Hall–Kier alpha value is -0.610. The van der Waals surface area contributed by atoms with E-state index in [0.29, 0.717) is 12.0 Å². The zero-order chi connectivity index (χ0) is 13.1. The smallest absolute Gasteiger partial charge is 0.325 e. The largest absolute Gasteiger partial charge is 0.468 e. The summed E-state index contributed by atoms with van der Waals surface area (Å²) in [5.74, 6) is 0.376. The van der Waals surface area contributed by atoms with E-state index >= 15 is 0 Å². The van der Waals surface area contributed by atoms with Gasteiger partial charge in [0.25, 0.3) is 0 Å². The Bertz CT molecular complexity index is 268. The summed E-state index contributed by atoms with van der Waals surface area (Å²) in [7, 11) is 1.41. The fourth-order valence-electron chi connectivity index (χ4n) is 2.75. The Morgan fingerprint density at radius 2 is 2.24 bits per heavy atom. The summed E-state index contributed by atoms with van der Waals surface area (Å²) in [4.78, 5) is 14.1. The summed E-state index contributed by atoms with van der Waals surface area (Å²) < 4.78 is 4.80. The molecule has 0 aromatic heterocycles. The molecule has 0 aromatic rings. The maximum Gasteiger partial charge on any atom is 0.325 e. The maximum atomic E-state index is 11.6. The van der Waals surface area contributed by atoms with Crippen molar-refractivity contribution in [2.24, 2.45) is 11.7 Å². The van der Waals surface area contributed by atoms with Gasteiger partial charge in [0.2, 0.25) is 0 Å². The minimum atomic E-state index is -0.760. The molecule has 1 aliphatic rings. The van der Waals surface area contributed by atoms with Gasteiger partial charge in [-0.15, -0.1) is 0 Å². The van der Waals surface area contributed by atoms with Gasteiger partial charge < -0.3 is 15.4 Å². The summed E-state index contributed by atoms with van der Waals surface area (Å²) in [5, 5.41) is 0. The molecule has 1 aliphatic carbocycles. The maximum absolute atomic E-state index is 11.6. The Morgan fingerprint density at radius 1 is 1.59 bits per heavy atom. The third-order valence-electron chi connectivity index (χ3n) is 3.64. The molecule has 1 saturated carbocycles. The van der Waals surface area contributed by atoms with Crippen LogP contribution in [-0.2, 0) is 9.53 Å². The summed E-state index contributed by atoms with van der Waals surface area (Å²) >= 11 is 0. The molecular weight excluding hydrogens is 216 g/mol. The van der Waals surface area contributed by atoms with Crippen molar-refractivity contribution in [2.75, 3.05) is 20.2 Å². The molecule has 0 radical (unpaired) electrons. The van der Waals surface area contributed by atoms with Crippen LogP contribution < -0.4 is 5.73 Å². The second-order valence-corrected chi connectivity index (χ2v) is 5.53. The van der Waals surface area contributed by atoms with Gasteiger partial charge >= 0.3 is 5.97 Å². The van der Waals surface area contributed by atoms with Crippen molar-refractivity contribution >= 4 is 5.97 Å². The zero-order valence-corrected chi connectivity index (χ0v) is 11.5. The van der Waals surface area contributed by atoms with Gasteiger partial charge in [-0.25, -0.2) is 0 Å². The molecule has 2 atom stereocenters. The Labute approximate surface area is 104 Å². The van der Waals surface area contributed by atoms with Crippen LogP contribution in [0.4, 0.5) is 0 Å². The number of carbonyl (C=O) groups excluding carboxylic acids is 1. The first-order chi connectivity index (χ1) is 7.92. The van der Waals surface area contributed by atoms with Crippen molar-refractivity contribution in [1.29, 1.82) is 0 Å². The van der Waals surface area contributed by atoms with Gasteiger partial charge in [0, 0.05) is 12.6 Å². The van der Waals surface area contributed by atoms with E-state index in [2.05, 4.69) is 25.7 Å². The average molecular weight is 242 g/mol. The topological polar surface area (TPSA) is 55.6 Å². The third-order valence-corrected chi connectivity index (χ3v) is 3.64. The molecule has 0 spiro atoms. The highest BCUT2D eigenvalue weighted by Gasteiger charge is 2.44. The number of hydrogen-bond acceptors (Lipinski definition) is 4. The second kappa shape index (κ2) is 5.83. The van der Waals surface area contributed by atoms with Gasteiger partial charge in [0.15, 0.2) is 0 Å². The highest BCUT2D eigenvalue weighted by atomic mass is 16.5. The predicted molar refractivity (Wildman–Crippen MR) is 68.7 cm³/mol. The van der Waals surface area contributed by atoms with Gasteiger partial charge in [-0.1, -0.05) is 20.8 Å². The van der Waals surface area contributed by atoms with Crippen molar-refractivity contribution < 1.29 is 9.53 Å². The predicted octanol–water partition coefficient (Wildman–Crippen LogP) is 1.39. The van der Waals surface area contributed by atoms with E-state index in [1.165, 1.54) is 7.11 Å². The molecule has 100 valence electrons. The molecule has 0 amide bonds. The van der Waals surface area contributed by atoms with Crippen LogP contribution in [0.25, 0.3) is 0 Å². The number of carbonyl (C=O) groups is 1. The van der Waals surface area contributed by atoms with Gasteiger partial charge in [-0.3, -0.25) is 4.79 Å². The van der Waals surface area contributed by atoms with E-state index in [1.54, 1.807) is 0 Å². The van der Waals surface area contributed by atoms with Crippen molar-refractivity contribution in [3.05, 3.63) is 0 Å². The molecule has 2 N–H and O–H groups in total. The summed E-state index contributed by atoms with van der Waals surface area (Å²) in [6.07, 6.45) is 2.45. The van der Waals surface area contributed by atoms with Crippen LogP contribution in [0.1, 0.15) is 40.0 Å². The fourth-order valence-corrected chi connectivity index (χ4v) is 2.75. The highest BCUT2D eigenvalue weighted by molar-refractivity contribution is 5.81. The fraction of sp³-hybridized carbons (Fsp3) is 0.923. The zero-order valence-electron chi connectivity index (χ0n) is 11.5. The second-order valence-electron chi connectivity index (χ2n) is 5.53. The number of esters is 1. The quantitative estimate of drug-likeness (QED) is 0.740. The first kappa shape index (κ1) is 14.5. The highest BCUT2D eigenvalue weighted by Crippen LogP contribution is 2.32. The molecule has 0 aromatic carbocycles. The molecule has 1 rings (SSSR count). The molecule has 0 aliphatic heterocycles. The van der Waals surface area contributed by atoms with Crippen molar-refractivity contribution in [2.45, 2.75) is 51.6 Å². The van der Waals surface area contributed by atoms with Crippen molar-refractivity contribution in [3.8, 4) is 0 Å². The molecular formula is C13H26N2O2. The summed E-state index contributed by atoms with van der Waals surface area (Å²) in [6, 6.07) is 0.423. The van der Waals surface area contributed by atoms with E-state index in [9.17, 15) is 4.79 Å². The molecule has 0 heterocycles. The molecule has 4 nitrogen and oxygen atoms in total. The summed E-state index contributed by atoms with van der Waals surface area (Å²) in [6.45, 7) is 8.68. The minimum Gasteiger partial charge on any atom is -0.468 e. The van der Waals surface area contributed by atoms with Crippen molar-refractivity contribution in [1.82, 2.24) is 4.90 Å². The lowest BCUT2D eigenvalue weighted by molar-refractivity contribution is -0.147. The summed E-state index contributed by atoms with van der Waals surface area (Å²) in [5.41, 5.74) is 5.37. The number of rotatable bonds is 5. The number of nitrogens with two attached hydrogens (primary N) is 1. The van der Waals surface area contributed by atoms with Gasteiger partial charge in [0.1, 0.15) is 5.54 Å². The molecule has 2 unspecified atom stereocenters. The minimum absolute atomic E-state index is 0.263. The number of hydrogen-bond donors (Lipinski definition) is 1. The number of ether oxygens (including phenoxy) is 1. The van der Waals surface area contributed by atoms with Crippen LogP contribution in [-0.4, -0.2) is 42.6 Å². The van der Waals surface area contributed by atoms with Crippen LogP contribution in [0.5, 0.6) is 0 Å². The van der Waals surface area contributed by atoms with Gasteiger partial charge in [0.05, 0.1) is 7.11 Å². The van der Waals surface area contributed by atoms with E-state index in [1.807, 2.05) is 0 Å². The average Bonchev–Trinajstić information content (AvgIpc) is 2.68. The first-order valence-corrected chi connectivity index (χ1v) is 6.54. The Balaban J connectivity index is 2.61. The third kappa shape index (κ3) is 3.42. The van der Waals surface area contributed by atoms with Crippen LogP contribution >= 0.6 is 0 Å². The van der Waals surface area contributed by atoms with E-state index in [4.69, 9.17) is 10.5 Å². The molecule has 0 bridgehead atoms. The first-order valence-electron chi connectivity index (χ1n) is 6.54. The normalized spacial score (nSPS) is 29.0. The molecule has 17 heavy (non-hydrogen) atoms. The van der Waals surface area contributed by atoms with Gasteiger partial charge in [-0.2, -0.15) is 0 Å². The van der Waals surface area contributed by atoms with E-state index in [-0.39, 0.29) is 5.97 Å². The SMILES string of the molecule is CCN(CC(C)C)C1CCC(N)(C(=O)OC)C1. The lowest BCUT2D eigenvalue weighted by Gasteiger charge is -2.30. The van der Waals surface area contributed by atoms with E-state index < -0.39 is 5.54 Å². The van der Waals surface area contributed by atoms with Crippen LogP contribution in [0, 0.1) is 5.92 Å². The lowest BCUT2D eigenvalue weighted by Crippen LogP contribution is -2.48. The van der Waals surface area contributed by atoms with Crippen LogP contribution in [0.15, 0.2) is 0 Å². The van der Waals surface area contributed by atoms with Crippen LogP contribution in [0.3, 0.4) is 0 Å². The molecule has 4 heteroatoms. The number of methoxy groups -OCH3 is 1. The van der Waals surface area contributed by atoms with Gasteiger partial charge in [-0.05, 0) is 31.7 Å². The standard InChI is InChI=1S/C13H26N2O2/c1-5-15(9-10(2)3)11-6-7-13(14,8-11)12(16)17-4/h10-11H,5-9,14H2,1-4H3. The number of nitrogens with zero attached hydrogens (tertiary/aromatic N) is 1. The van der Waals surface area contributed by atoms with E-state index in [0.717, 1.165) is 32.4 Å². The lowest BCUT2D eigenvalue weighted by atomic mass is 9.99. The van der Waals surface area contributed by atoms with Crippen molar-refractivity contribution in [3.63, 3.8) is 0 Å². The molecule has 1 fully saturated rings. The molecule has 0 saturated heterocycles. The monoisotopic (exact) mass is 242 g/mol. The Kier molecular flexibility index (Phi) is 4.95.